The molecule has 6 nitrogen and oxygen atoms in total. The van der Waals surface area contributed by atoms with Crippen molar-refractivity contribution >= 4 is 23.0 Å². The molecule has 1 saturated carbocycles. The van der Waals surface area contributed by atoms with Crippen LogP contribution in [-0.2, 0) is 17.9 Å². The Kier molecular flexibility index (Phi) is 7.62. The number of imidazole rings is 1. The third-order valence-electron chi connectivity index (χ3n) is 8.41. The lowest BCUT2D eigenvalue weighted by Gasteiger charge is -2.29. The first kappa shape index (κ1) is 25.6. The van der Waals surface area contributed by atoms with Gasteiger partial charge in [-0.05, 0) is 80.5 Å². The normalized spacial score (nSPS) is 19.8. The number of pyridine rings is 1. The van der Waals surface area contributed by atoms with E-state index in [0.717, 1.165) is 85.5 Å². The van der Waals surface area contributed by atoms with E-state index in [9.17, 15) is 4.79 Å². The van der Waals surface area contributed by atoms with Crippen LogP contribution in [-0.4, -0.2) is 33.9 Å². The average molecular weight is 523 g/mol. The topological polar surface area (TPSA) is 60.2 Å². The van der Waals surface area contributed by atoms with Gasteiger partial charge in [0.1, 0.15) is 24.5 Å². The van der Waals surface area contributed by atoms with Crippen LogP contribution in [0.4, 0.5) is 5.69 Å². The molecule has 6 rings (SSSR count). The van der Waals surface area contributed by atoms with Crippen LogP contribution in [0.2, 0.25) is 0 Å². The van der Waals surface area contributed by atoms with Crippen molar-refractivity contribution in [1.82, 2.24) is 14.5 Å². The molecule has 3 heterocycles. The van der Waals surface area contributed by atoms with Gasteiger partial charge in [0.2, 0.25) is 0 Å². The van der Waals surface area contributed by atoms with Gasteiger partial charge in [0, 0.05) is 49.4 Å². The molecule has 2 atom stereocenters. The summed E-state index contributed by atoms with van der Waals surface area (Å²) < 4.78 is 8.52. The molecular weight excluding hydrogens is 484 g/mol. The zero-order valence-corrected chi connectivity index (χ0v) is 22.9. The highest BCUT2D eigenvalue weighted by Gasteiger charge is 2.31. The van der Waals surface area contributed by atoms with Crippen molar-refractivity contribution in [3.8, 4) is 5.75 Å². The molecule has 39 heavy (non-hydrogen) atoms. The summed E-state index contributed by atoms with van der Waals surface area (Å²) in [7, 11) is 0. The monoisotopic (exact) mass is 522 g/mol. The fourth-order valence-corrected chi connectivity index (χ4v) is 6.23. The van der Waals surface area contributed by atoms with Gasteiger partial charge in [-0.3, -0.25) is 4.98 Å². The number of ether oxygens (including phenoxy) is 1. The zero-order valence-electron chi connectivity index (χ0n) is 22.9. The summed E-state index contributed by atoms with van der Waals surface area (Å²) in [5.74, 6) is 2.00. The van der Waals surface area contributed by atoms with Crippen molar-refractivity contribution in [2.24, 2.45) is 5.92 Å². The van der Waals surface area contributed by atoms with E-state index in [4.69, 9.17) is 9.72 Å². The van der Waals surface area contributed by atoms with Crippen molar-refractivity contribution in [3.63, 3.8) is 0 Å². The highest BCUT2D eigenvalue weighted by atomic mass is 16.5. The van der Waals surface area contributed by atoms with Crippen molar-refractivity contribution in [2.75, 3.05) is 18.0 Å². The number of carbonyl (C=O) groups excluding carboxylic acids is 1. The van der Waals surface area contributed by atoms with Gasteiger partial charge in [-0.15, -0.1) is 0 Å². The maximum absolute atomic E-state index is 12.1. The van der Waals surface area contributed by atoms with E-state index in [2.05, 4.69) is 56.9 Å². The Labute approximate surface area is 231 Å². The molecule has 2 aliphatic rings. The van der Waals surface area contributed by atoms with E-state index < -0.39 is 0 Å². The summed E-state index contributed by atoms with van der Waals surface area (Å²) in [5, 5.41) is 0. The van der Waals surface area contributed by atoms with Crippen LogP contribution in [0, 0.1) is 12.8 Å². The van der Waals surface area contributed by atoms with Gasteiger partial charge in [-0.2, -0.15) is 0 Å². The maximum Gasteiger partial charge on any atom is 0.130 e. The first-order valence-electron chi connectivity index (χ1n) is 14.5. The van der Waals surface area contributed by atoms with Gasteiger partial charge < -0.3 is 19.0 Å². The van der Waals surface area contributed by atoms with Gasteiger partial charge in [0.05, 0.1) is 16.7 Å². The maximum atomic E-state index is 12.1. The lowest BCUT2D eigenvalue weighted by Crippen LogP contribution is -2.29. The summed E-state index contributed by atoms with van der Waals surface area (Å²) in [6, 6.07) is 19.2. The standard InChI is InChI=1S/C33H38N4O2/c1-24-12-13-27(34-20-24)23-39-29-14-15-31-32(19-29)37(33(35-31)30-11-4-3-9-26(30)22-38)21-25-8-7-10-28(18-25)36-16-5-2-6-17-36/h7-8,10,12-15,18-20,22,26,30H,2-6,9,11,16-17,21,23H2,1H3. The second kappa shape index (κ2) is 11.6. The molecule has 6 heteroatoms. The summed E-state index contributed by atoms with van der Waals surface area (Å²) in [5.41, 5.74) is 6.60. The Balaban J connectivity index is 1.35. The van der Waals surface area contributed by atoms with E-state index in [1.807, 2.05) is 25.3 Å². The van der Waals surface area contributed by atoms with Crippen LogP contribution < -0.4 is 9.64 Å². The second-order valence-electron chi connectivity index (χ2n) is 11.2. The molecule has 1 saturated heterocycles. The SMILES string of the molecule is Cc1ccc(COc2ccc3nc(C4CCCCC4C=O)n(Cc4cccc(N5CCCCC5)c4)c3c2)nc1. The molecule has 2 aromatic carbocycles. The van der Waals surface area contributed by atoms with Crippen molar-refractivity contribution in [1.29, 1.82) is 0 Å². The quantitative estimate of drug-likeness (QED) is 0.237. The number of benzene rings is 2. The van der Waals surface area contributed by atoms with Crippen molar-refractivity contribution < 1.29 is 9.53 Å². The van der Waals surface area contributed by atoms with Gasteiger partial charge in [0.15, 0.2) is 0 Å². The third-order valence-corrected chi connectivity index (χ3v) is 8.41. The molecule has 0 amide bonds. The number of hydrogen-bond donors (Lipinski definition) is 0. The lowest BCUT2D eigenvalue weighted by molar-refractivity contribution is -0.112. The predicted molar refractivity (Wildman–Crippen MR) is 155 cm³/mol. The van der Waals surface area contributed by atoms with Gasteiger partial charge in [0.25, 0.3) is 0 Å². The fraction of sp³-hybridized carbons (Fsp3) is 0.424. The smallest absolute Gasteiger partial charge is 0.130 e. The Hall–Kier alpha value is -3.67. The van der Waals surface area contributed by atoms with Crippen LogP contribution in [0.1, 0.15) is 73.5 Å². The molecule has 2 aromatic heterocycles. The number of aromatic nitrogens is 3. The molecule has 0 radical (unpaired) electrons. The van der Waals surface area contributed by atoms with Crippen molar-refractivity contribution in [3.05, 3.63) is 83.4 Å². The Morgan fingerprint density at radius 2 is 1.85 bits per heavy atom. The van der Waals surface area contributed by atoms with Crippen LogP contribution in [0.15, 0.2) is 60.8 Å². The van der Waals surface area contributed by atoms with Gasteiger partial charge >= 0.3 is 0 Å². The molecule has 1 aliphatic carbocycles. The largest absolute Gasteiger partial charge is 0.487 e. The first-order chi connectivity index (χ1) is 19.2. The molecule has 0 N–H and O–H groups in total. The number of hydrogen-bond acceptors (Lipinski definition) is 5. The molecule has 0 bridgehead atoms. The van der Waals surface area contributed by atoms with Crippen molar-refractivity contribution in [2.45, 2.75) is 70.9 Å². The van der Waals surface area contributed by atoms with Crippen LogP contribution in [0.3, 0.4) is 0 Å². The highest BCUT2D eigenvalue weighted by molar-refractivity contribution is 5.78. The van der Waals surface area contributed by atoms with E-state index in [1.165, 1.54) is 30.5 Å². The molecule has 2 unspecified atom stereocenters. The summed E-state index contributed by atoms with van der Waals surface area (Å²) >= 11 is 0. The van der Waals surface area contributed by atoms with E-state index >= 15 is 0 Å². The minimum atomic E-state index is 0.0253. The first-order valence-corrected chi connectivity index (χ1v) is 14.5. The number of aldehydes is 1. The Morgan fingerprint density at radius 1 is 0.974 bits per heavy atom. The number of aryl methyl sites for hydroxylation is 1. The Bertz CT molecular complexity index is 1420. The third kappa shape index (κ3) is 5.70. The fourth-order valence-electron chi connectivity index (χ4n) is 6.23. The number of anilines is 1. The number of piperidine rings is 1. The molecule has 202 valence electrons. The molecule has 1 aliphatic heterocycles. The molecule has 4 aromatic rings. The number of nitrogens with zero attached hydrogens (tertiary/aromatic N) is 4. The molecular formula is C33H38N4O2. The van der Waals surface area contributed by atoms with E-state index in [-0.39, 0.29) is 11.8 Å². The lowest BCUT2D eigenvalue weighted by atomic mass is 9.79. The average Bonchev–Trinajstić information content (AvgIpc) is 3.34. The zero-order chi connectivity index (χ0) is 26.6. The Morgan fingerprint density at radius 3 is 2.67 bits per heavy atom. The summed E-state index contributed by atoms with van der Waals surface area (Å²) in [6.45, 7) is 5.43. The predicted octanol–water partition coefficient (Wildman–Crippen LogP) is 6.83. The minimum absolute atomic E-state index is 0.0253. The second-order valence-corrected chi connectivity index (χ2v) is 11.2. The highest BCUT2D eigenvalue weighted by Crippen LogP contribution is 2.38. The van der Waals surface area contributed by atoms with Gasteiger partial charge in [-0.25, -0.2) is 4.98 Å². The summed E-state index contributed by atoms with van der Waals surface area (Å²) in [4.78, 5) is 24.2. The number of fused-ring (bicyclic) bond motifs is 1. The van der Waals surface area contributed by atoms with Gasteiger partial charge in [-0.1, -0.05) is 31.0 Å². The molecule has 2 fully saturated rings. The van der Waals surface area contributed by atoms with Crippen LogP contribution >= 0.6 is 0 Å². The van der Waals surface area contributed by atoms with Crippen LogP contribution in [0.25, 0.3) is 11.0 Å². The van der Waals surface area contributed by atoms with E-state index in [1.54, 1.807) is 0 Å². The van der Waals surface area contributed by atoms with E-state index in [0.29, 0.717) is 6.61 Å². The minimum Gasteiger partial charge on any atom is -0.487 e. The summed E-state index contributed by atoms with van der Waals surface area (Å²) in [6.07, 6.45) is 11.1. The number of carbonyl (C=O) groups is 1. The number of rotatable bonds is 8. The van der Waals surface area contributed by atoms with Crippen LogP contribution in [0.5, 0.6) is 5.75 Å². The molecule has 0 spiro atoms.